The second kappa shape index (κ2) is 5.63. The lowest BCUT2D eigenvalue weighted by molar-refractivity contribution is 0.0697. The lowest BCUT2D eigenvalue weighted by Gasteiger charge is -2.08. The lowest BCUT2D eigenvalue weighted by Crippen LogP contribution is -2.09. The number of carbonyl (C=O) groups is 1. The van der Waals surface area contributed by atoms with E-state index in [9.17, 15) is 13.2 Å². The molecule has 0 radical (unpaired) electrons. The molecule has 0 aliphatic rings. The van der Waals surface area contributed by atoms with Crippen molar-refractivity contribution in [3.05, 3.63) is 39.5 Å². The molecule has 0 aliphatic carbocycles. The van der Waals surface area contributed by atoms with Crippen LogP contribution in [0.4, 0.5) is 0 Å². The topological polar surface area (TPSA) is 110 Å². The molecule has 7 nitrogen and oxygen atoms in total. The molecule has 21 heavy (non-hydrogen) atoms. The summed E-state index contributed by atoms with van der Waals surface area (Å²) < 4.78 is 29.6. The Bertz CT molecular complexity index is 816. The fourth-order valence-corrected chi connectivity index (χ4v) is 3.69. The Hall–Kier alpha value is -1.64. The van der Waals surface area contributed by atoms with Gasteiger partial charge in [0.15, 0.2) is 9.84 Å². The fourth-order valence-electron chi connectivity index (χ4n) is 1.58. The second-order valence-electron chi connectivity index (χ2n) is 4.04. The summed E-state index contributed by atoms with van der Waals surface area (Å²) in [6.07, 6.45) is 0. The molecule has 1 aromatic carbocycles. The molecule has 0 unspecified atom stereocenters. The molecule has 0 bridgehead atoms. The van der Waals surface area contributed by atoms with Gasteiger partial charge >= 0.3 is 5.97 Å². The minimum absolute atomic E-state index is 0.0583. The van der Waals surface area contributed by atoms with Crippen molar-refractivity contribution in [2.45, 2.75) is 17.6 Å². The SMILES string of the molecule is Cc1nnc(CS(=O)(=O)c2cc(Cl)cc(C(=O)O)c2Cl)o1. The monoisotopic (exact) mass is 350 g/mol. The quantitative estimate of drug-likeness (QED) is 0.900. The van der Waals surface area contributed by atoms with E-state index in [1.165, 1.54) is 6.92 Å². The molecule has 0 amide bonds. The minimum Gasteiger partial charge on any atom is -0.478 e. The van der Waals surface area contributed by atoms with Crippen molar-refractivity contribution in [2.75, 3.05) is 0 Å². The van der Waals surface area contributed by atoms with Crippen LogP contribution in [0.5, 0.6) is 0 Å². The van der Waals surface area contributed by atoms with Gasteiger partial charge < -0.3 is 9.52 Å². The first-order valence-corrected chi connectivity index (χ1v) is 7.85. The average molecular weight is 351 g/mol. The molecule has 10 heteroatoms. The van der Waals surface area contributed by atoms with Gasteiger partial charge in [0.1, 0.15) is 5.75 Å². The zero-order chi connectivity index (χ0) is 15.8. The van der Waals surface area contributed by atoms with E-state index in [0.29, 0.717) is 0 Å². The Kier molecular flexibility index (Phi) is 4.22. The molecule has 0 saturated heterocycles. The number of hydrogen-bond donors (Lipinski definition) is 1. The average Bonchev–Trinajstić information content (AvgIpc) is 2.76. The van der Waals surface area contributed by atoms with Gasteiger partial charge in [0, 0.05) is 11.9 Å². The molecule has 2 rings (SSSR count). The summed E-state index contributed by atoms with van der Waals surface area (Å²) in [5.41, 5.74) is -0.399. The maximum absolute atomic E-state index is 12.3. The first-order chi connectivity index (χ1) is 9.70. The second-order valence-corrected chi connectivity index (χ2v) is 6.82. The van der Waals surface area contributed by atoms with Gasteiger partial charge in [-0.05, 0) is 12.1 Å². The summed E-state index contributed by atoms with van der Waals surface area (Å²) in [7, 11) is -3.99. The van der Waals surface area contributed by atoms with Crippen LogP contribution in [0.1, 0.15) is 22.1 Å². The summed E-state index contributed by atoms with van der Waals surface area (Å²) in [5, 5.41) is 15.6. The Morgan fingerprint density at radius 3 is 2.52 bits per heavy atom. The van der Waals surface area contributed by atoms with E-state index in [4.69, 9.17) is 32.7 Å². The summed E-state index contributed by atoms with van der Waals surface area (Å²) in [5.74, 6) is -1.90. The van der Waals surface area contributed by atoms with Gasteiger partial charge in [0.25, 0.3) is 0 Å². The van der Waals surface area contributed by atoms with Crippen LogP contribution >= 0.6 is 23.2 Å². The zero-order valence-corrected chi connectivity index (χ0v) is 12.8. The maximum atomic E-state index is 12.3. The highest BCUT2D eigenvalue weighted by Gasteiger charge is 2.26. The van der Waals surface area contributed by atoms with Crippen LogP contribution in [0.2, 0.25) is 10.0 Å². The highest BCUT2D eigenvalue weighted by atomic mass is 35.5. The third-order valence-electron chi connectivity index (χ3n) is 2.45. The van der Waals surface area contributed by atoms with Crippen LogP contribution in [0.15, 0.2) is 21.4 Å². The number of aromatic nitrogens is 2. The molecular formula is C11H8Cl2N2O5S. The normalized spacial score (nSPS) is 11.6. The molecular weight excluding hydrogens is 343 g/mol. The molecule has 0 atom stereocenters. The number of hydrogen-bond acceptors (Lipinski definition) is 6. The van der Waals surface area contributed by atoms with Crippen molar-refractivity contribution in [1.82, 2.24) is 10.2 Å². The molecule has 1 aromatic heterocycles. The van der Waals surface area contributed by atoms with Gasteiger partial charge in [-0.1, -0.05) is 23.2 Å². The Labute approximate surface area is 129 Å². The number of sulfone groups is 1. The highest BCUT2D eigenvalue weighted by Crippen LogP contribution is 2.31. The fraction of sp³-hybridized carbons (Fsp3) is 0.182. The number of aryl methyl sites for hydroxylation is 1. The first kappa shape index (κ1) is 15.7. The Morgan fingerprint density at radius 2 is 2.00 bits per heavy atom. The van der Waals surface area contributed by atoms with Crippen molar-refractivity contribution in [2.24, 2.45) is 0 Å². The van der Waals surface area contributed by atoms with E-state index >= 15 is 0 Å². The van der Waals surface area contributed by atoms with Crippen LogP contribution in [0, 0.1) is 6.92 Å². The predicted molar refractivity (Wildman–Crippen MR) is 73.3 cm³/mol. The smallest absolute Gasteiger partial charge is 0.337 e. The van der Waals surface area contributed by atoms with Gasteiger partial charge in [-0.3, -0.25) is 0 Å². The molecule has 112 valence electrons. The maximum Gasteiger partial charge on any atom is 0.337 e. The van der Waals surface area contributed by atoms with Crippen LogP contribution in [0.3, 0.4) is 0 Å². The summed E-state index contributed by atoms with van der Waals surface area (Å²) >= 11 is 11.6. The molecule has 0 saturated carbocycles. The minimum atomic E-state index is -3.99. The number of rotatable bonds is 4. The molecule has 2 aromatic rings. The van der Waals surface area contributed by atoms with Gasteiger partial charge in [-0.15, -0.1) is 10.2 Å². The van der Waals surface area contributed by atoms with Crippen LogP contribution in [-0.4, -0.2) is 29.7 Å². The van der Waals surface area contributed by atoms with Crippen LogP contribution in [0.25, 0.3) is 0 Å². The summed E-state index contributed by atoms with van der Waals surface area (Å²) in [6, 6.07) is 2.15. The van der Waals surface area contributed by atoms with Crippen molar-refractivity contribution in [3.8, 4) is 0 Å². The highest BCUT2D eigenvalue weighted by molar-refractivity contribution is 7.90. The molecule has 0 fully saturated rings. The largest absolute Gasteiger partial charge is 0.478 e. The lowest BCUT2D eigenvalue weighted by atomic mass is 10.2. The number of halogens is 2. The van der Waals surface area contributed by atoms with E-state index in [1.54, 1.807) is 0 Å². The number of carboxylic acids is 1. The van der Waals surface area contributed by atoms with Gasteiger partial charge in [0.2, 0.25) is 11.8 Å². The van der Waals surface area contributed by atoms with Crippen molar-refractivity contribution in [3.63, 3.8) is 0 Å². The van der Waals surface area contributed by atoms with E-state index in [2.05, 4.69) is 10.2 Å². The predicted octanol–water partition coefficient (Wildman–Crippen LogP) is 2.36. The standard InChI is InChI=1S/C11H8Cl2N2O5S/c1-5-14-15-9(20-5)4-21(18,19)8-3-6(12)2-7(10(8)13)11(16)17/h2-3H,4H2,1H3,(H,16,17). The third-order valence-corrected chi connectivity index (χ3v) is 4.81. The Morgan fingerprint density at radius 1 is 1.33 bits per heavy atom. The molecule has 1 N–H and O–H groups in total. The van der Waals surface area contributed by atoms with E-state index in [-0.39, 0.29) is 16.8 Å². The van der Waals surface area contributed by atoms with E-state index < -0.39 is 37.0 Å². The molecule has 1 heterocycles. The number of nitrogens with zero attached hydrogens (tertiary/aromatic N) is 2. The summed E-state index contributed by atoms with van der Waals surface area (Å²) in [4.78, 5) is 10.6. The zero-order valence-electron chi connectivity index (χ0n) is 10.5. The number of benzene rings is 1. The van der Waals surface area contributed by atoms with E-state index in [1.807, 2.05) is 0 Å². The third kappa shape index (κ3) is 3.34. The Balaban J connectivity index is 2.52. The van der Waals surface area contributed by atoms with Gasteiger partial charge in [-0.25, -0.2) is 13.2 Å². The van der Waals surface area contributed by atoms with E-state index in [0.717, 1.165) is 12.1 Å². The van der Waals surface area contributed by atoms with Crippen LogP contribution < -0.4 is 0 Å². The molecule has 0 aliphatic heterocycles. The number of aromatic carboxylic acids is 1. The van der Waals surface area contributed by atoms with Gasteiger partial charge in [-0.2, -0.15) is 0 Å². The van der Waals surface area contributed by atoms with Gasteiger partial charge in [0.05, 0.1) is 15.5 Å². The molecule has 0 spiro atoms. The van der Waals surface area contributed by atoms with Crippen LogP contribution in [-0.2, 0) is 15.6 Å². The van der Waals surface area contributed by atoms with Crippen molar-refractivity contribution in [1.29, 1.82) is 0 Å². The van der Waals surface area contributed by atoms with Crippen molar-refractivity contribution >= 4 is 39.0 Å². The number of carboxylic acid groups (broad SMARTS) is 1. The first-order valence-electron chi connectivity index (χ1n) is 5.45. The summed E-state index contributed by atoms with van der Waals surface area (Å²) in [6.45, 7) is 1.51. The van der Waals surface area contributed by atoms with Crippen molar-refractivity contribution < 1.29 is 22.7 Å².